The molecule has 35 heavy (non-hydrogen) atoms. The van der Waals surface area contributed by atoms with Crippen LogP contribution in [0.2, 0.25) is 0 Å². The SMILES string of the molecule is [2H]C([2H])(CC/C=C1\C[C@H]2C[C@@H](O)[C@H](/C=C/[C@@H](O)C(C)C(F)(F)C#CC)[C@H]2C1)C(=O)O[C@@H](C)C(=O)OCC. The summed E-state index contributed by atoms with van der Waals surface area (Å²) >= 11 is 0. The van der Waals surface area contributed by atoms with E-state index in [-0.39, 0.29) is 37.2 Å². The molecule has 2 saturated carbocycles. The van der Waals surface area contributed by atoms with E-state index < -0.39 is 48.5 Å². The number of aliphatic hydroxyl groups is 2. The number of halogens is 2. The largest absolute Gasteiger partial charge is 0.463 e. The van der Waals surface area contributed by atoms with Crippen molar-refractivity contribution in [3.8, 4) is 11.8 Å². The first-order valence-electron chi connectivity index (χ1n) is 13.1. The van der Waals surface area contributed by atoms with Gasteiger partial charge in [-0.25, -0.2) is 4.79 Å². The topological polar surface area (TPSA) is 93.1 Å². The van der Waals surface area contributed by atoms with Gasteiger partial charge in [0.15, 0.2) is 6.10 Å². The molecule has 0 saturated heterocycles. The van der Waals surface area contributed by atoms with E-state index in [9.17, 15) is 28.6 Å². The van der Waals surface area contributed by atoms with Gasteiger partial charge in [0.05, 0.1) is 24.7 Å². The molecule has 1 unspecified atom stereocenters. The van der Waals surface area contributed by atoms with Gasteiger partial charge in [0.25, 0.3) is 0 Å². The maximum absolute atomic E-state index is 14.0. The van der Waals surface area contributed by atoms with Crippen LogP contribution in [0.25, 0.3) is 0 Å². The molecule has 0 spiro atoms. The Bertz CT molecular complexity index is 939. The highest BCUT2D eigenvalue weighted by molar-refractivity contribution is 5.78. The fourth-order valence-corrected chi connectivity index (χ4v) is 4.80. The van der Waals surface area contributed by atoms with Crippen LogP contribution in [0.4, 0.5) is 8.78 Å². The van der Waals surface area contributed by atoms with Gasteiger partial charge in [0.2, 0.25) is 0 Å². The normalized spacial score (nSPS) is 29.0. The van der Waals surface area contributed by atoms with Crippen molar-refractivity contribution in [2.45, 2.75) is 90.4 Å². The number of carbonyl (C=O) groups is 2. The lowest BCUT2D eigenvalue weighted by Crippen LogP contribution is -2.33. The number of allylic oxidation sites excluding steroid dienone is 2. The van der Waals surface area contributed by atoms with Crippen molar-refractivity contribution in [3.05, 3.63) is 23.8 Å². The maximum Gasteiger partial charge on any atom is 0.347 e. The summed E-state index contributed by atoms with van der Waals surface area (Å²) in [6, 6.07) is 0. The molecule has 0 amide bonds. The molecule has 7 atom stereocenters. The van der Waals surface area contributed by atoms with Crippen LogP contribution in [0.5, 0.6) is 0 Å². The number of carbonyl (C=O) groups excluding carboxylic acids is 2. The summed E-state index contributed by atoms with van der Waals surface area (Å²) in [7, 11) is 0. The van der Waals surface area contributed by atoms with Crippen molar-refractivity contribution in [3.63, 3.8) is 0 Å². The Balaban J connectivity index is 1.94. The standard InChI is InChI=1S/C27H38F2O6/c1-5-13-27(28,29)17(3)23(30)12-11-21-22-15-19(14-20(22)16-24(21)31)9-7-8-10-25(32)35-18(4)26(33)34-6-2/h9,11-12,17-18,20-24,30-31H,6-8,10,14-16H2,1-4H3/b12-11+,19-9+/t17?,18-,20-,21+,22-,23+,24+/m0/s1/i10D2. The van der Waals surface area contributed by atoms with E-state index in [0.717, 1.165) is 12.0 Å². The summed E-state index contributed by atoms with van der Waals surface area (Å²) in [6.45, 7) is 5.62. The second-order valence-corrected chi connectivity index (χ2v) is 9.25. The van der Waals surface area contributed by atoms with E-state index >= 15 is 0 Å². The van der Waals surface area contributed by atoms with Gasteiger partial charge in [-0.1, -0.05) is 30.7 Å². The monoisotopic (exact) mass is 498 g/mol. The second kappa shape index (κ2) is 13.2. The molecule has 2 N–H and O–H groups in total. The first-order valence-corrected chi connectivity index (χ1v) is 12.1. The summed E-state index contributed by atoms with van der Waals surface area (Å²) in [6.07, 6.45) is 1.45. The van der Waals surface area contributed by atoms with Gasteiger partial charge in [0, 0.05) is 15.0 Å². The van der Waals surface area contributed by atoms with Crippen molar-refractivity contribution < 1.29 is 40.8 Å². The van der Waals surface area contributed by atoms with Crippen molar-refractivity contribution in [2.75, 3.05) is 6.61 Å². The van der Waals surface area contributed by atoms with Gasteiger partial charge in [-0.05, 0) is 70.6 Å². The molecule has 0 radical (unpaired) electrons. The van der Waals surface area contributed by atoms with E-state index in [0.29, 0.717) is 12.8 Å². The number of ether oxygens (including phenoxy) is 2. The fourth-order valence-electron chi connectivity index (χ4n) is 4.80. The Hall–Kier alpha value is -2.24. The number of alkyl halides is 2. The van der Waals surface area contributed by atoms with Crippen LogP contribution in [0.3, 0.4) is 0 Å². The van der Waals surface area contributed by atoms with Crippen molar-refractivity contribution in [1.82, 2.24) is 0 Å². The first kappa shape index (κ1) is 25.8. The number of hydrogen-bond acceptors (Lipinski definition) is 6. The third-order valence-electron chi connectivity index (χ3n) is 6.77. The Morgan fingerprint density at radius 1 is 1.34 bits per heavy atom. The van der Waals surface area contributed by atoms with Crippen molar-refractivity contribution >= 4 is 11.9 Å². The van der Waals surface area contributed by atoms with E-state index in [2.05, 4.69) is 5.92 Å². The third kappa shape index (κ3) is 8.15. The van der Waals surface area contributed by atoms with Gasteiger partial charge in [0.1, 0.15) is 0 Å². The molecule has 2 aliphatic carbocycles. The molecule has 6 nitrogen and oxygen atoms in total. The quantitative estimate of drug-likeness (QED) is 0.252. The van der Waals surface area contributed by atoms with Crippen LogP contribution in [0, 0.1) is 35.5 Å². The molecule has 0 heterocycles. The molecule has 0 aliphatic heterocycles. The minimum atomic E-state index is -3.33. The summed E-state index contributed by atoms with van der Waals surface area (Å²) in [5.74, 6) is -2.56. The smallest absolute Gasteiger partial charge is 0.347 e. The molecule has 2 fully saturated rings. The number of aliphatic hydroxyl groups excluding tert-OH is 2. The lowest BCUT2D eigenvalue weighted by molar-refractivity contribution is -0.166. The molecule has 0 aromatic carbocycles. The molecule has 0 aromatic heterocycles. The van der Waals surface area contributed by atoms with E-state index in [4.69, 9.17) is 12.2 Å². The number of rotatable bonds is 11. The van der Waals surface area contributed by atoms with Crippen LogP contribution in [0.1, 0.15) is 68.9 Å². The van der Waals surface area contributed by atoms with E-state index in [1.54, 1.807) is 13.0 Å². The summed E-state index contributed by atoms with van der Waals surface area (Å²) in [4.78, 5) is 23.8. The average Bonchev–Trinajstić information content (AvgIpc) is 3.32. The number of hydrogen-bond donors (Lipinski definition) is 2. The Kier molecular flexibility index (Phi) is 9.73. The molecule has 8 heteroatoms. The van der Waals surface area contributed by atoms with Crippen LogP contribution in [-0.4, -0.2) is 53.0 Å². The minimum Gasteiger partial charge on any atom is -0.463 e. The first-order chi connectivity index (χ1) is 17.2. The fraction of sp³-hybridized carbons (Fsp3) is 0.704. The maximum atomic E-state index is 14.0. The second-order valence-electron chi connectivity index (χ2n) is 9.25. The third-order valence-corrected chi connectivity index (χ3v) is 6.77. The predicted octanol–water partition coefficient (Wildman–Crippen LogP) is 4.20. The highest BCUT2D eigenvalue weighted by atomic mass is 19.3. The van der Waals surface area contributed by atoms with Crippen LogP contribution in [0.15, 0.2) is 23.8 Å². The van der Waals surface area contributed by atoms with Crippen LogP contribution >= 0.6 is 0 Å². The van der Waals surface area contributed by atoms with E-state index in [1.165, 1.54) is 26.8 Å². The lowest BCUT2D eigenvalue weighted by Gasteiger charge is -2.23. The molecule has 2 rings (SSSR count). The lowest BCUT2D eigenvalue weighted by atomic mass is 9.89. The zero-order valence-corrected chi connectivity index (χ0v) is 20.8. The van der Waals surface area contributed by atoms with Crippen LogP contribution in [-0.2, 0) is 19.1 Å². The summed E-state index contributed by atoms with van der Waals surface area (Å²) < 4.78 is 53.7. The molecular formula is C27H38F2O6. The molecular weight excluding hydrogens is 458 g/mol. The Labute approximate surface area is 209 Å². The molecule has 0 bridgehead atoms. The van der Waals surface area contributed by atoms with Crippen LogP contribution < -0.4 is 0 Å². The number of esters is 2. The van der Waals surface area contributed by atoms with Crippen molar-refractivity contribution in [2.24, 2.45) is 23.7 Å². The average molecular weight is 499 g/mol. The Morgan fingerprint density at radius 2 is 2.06 bits per heavy atom. The van der Waals surface area contributed by atoms with Gasteiger partial charge >= 0.3 is 17.9 Å². The van der Waals surface area contributed by atoms with Gasteiger partial charge in [-0.3, -0.25) is 4.79 Å². The summed E-state index contributed by atoms with van der Waals surface area (Å²) in [5.41, 5.74) is 1.09. The molecule has 2 aliphatic rings. The molecule has 196 valence electrons. The zero-order chi connectivity index (χ0) is 28.0. The number of fused-ring (bicyclic) bond motifs is 1. The van der Waals surface area contributed by atoms with Gasteiger partial charge in [-0.2, -0.15) is 8.78 Å². The highest BCUT2D eigenvalue weighted by Crippen LogP contribution is 2.50. The highest BCUT2D eigenvalue weighted by Gasteiger charge is 2.45. The van der Waals surface area contributed by atoms with Gasteiger partial charge < -0.3 is 19.7 Å². The minimum absolute atomic E-state index is 0.0862. The zero-order valence-electron chi connectivity index (χ0n) is 22.8. The molecule has 0 aromatic rings. The van der Waals surface area contributed by atoms with E-state index in [1.807, 2.05) is 12.0 Å². The predicted molar refractivity (Wildman–Crippen MR) is 127 cm³/mol. The van der Waals surface area contributed by atoms with Gasteiger partial charge in [-0.15, -0.1) is 5.92 Å². The Morgan fingerprint density at radius 3 is 2.71 bits per heavy atom. The summed E-state index contributed by atoms with van der Waals surface area (Å²) in [5, 5.41) is 20.7. The van der Waals surface area contributed by atoms with Crippen molar-refractivity contribution in [1.29, 1.82) is 0 Å².